The molecule has 0 bridgehead atoms. The minimum absolute atomic E-state index is 1.04. The number of hydrazine groups is 1. The van der Waals surface area contributed by atoms with Gasteiger partial charge in [-0.15, -0.1) is 0 Å². The predicted molar refractivity (Wildman–Crippen MR) is 77.3 cm³/mol. The number of benzene rings is 2. The van der Waals surface area contributed by atoms with Crippen LogP contribution in [0, 0.1) is 13.8 Å². The normalized spacial score (nSPS) is 10.1. The average Bonchev–Trinajstić information content (AvgIpc) is 2.32. The molecule has 0 saturated heterocycles. The van der Waals surface area contributed by atoms with Crippen molar-refractivity contribution in [1.29, 1.82) is 0 Å². The lowest BCUT2D eigenvalue weighted by Crippen LogP contribution is -2.09. The van der Waals surface area contributed by atoms with E-state index in [4.69, 9.17) is 0 Å². The zero-order valence-corrected chi connectivity index (χ0v) is 11.5. The number of hydrogen-bond donors (Lipinski definition) is 2. The Bertz CT molecular complexity index is 506. The molecule has 0 unspecified atom stereocenters. The van der Waals surface area contributed by atoms with Gasteiger partial charge in [-0.05, 0) is 55.3 Å². The van der Waals surface area contributed by atoms with Crippen molar-refractivity contribution in [2.75, 3.05) is 10.9 Å². The fourth-order valence-corrected chi connectivity index (χ4v) is 1.81. The van der Waals surface area contributed by atoms with Gasteiger partial charge in [0.25, 0.3) is 0 Å². The van der Waals surface area contributed by atoms with Crippen LogP contribution in [0.1, 0.15) is 11.1 Å². The van der Waals surface area contributed by atoms with Crippen LogP contribution in [0.5, 0.6) is 0 Å². The van der Waals surface area contributed by atoms with Gasteiger partial charge in [-0.2, -0.15) is 0 Å². The van der Waals surface area contributed by atoms with Crippen molar-refractivity contribution in [3.05, 3.63) is 58.1 Å². The standard InChI is InChI=1S/C14H15BrN2/c1-10-3-4-11(2)14(9-10)17-16-13-7-5-12(15)6-8-13/h3-9,16-17H,1-2H3. The zero-order chi connectivity index (χ0) is 12.3. The second-order valence-corrected chi connectivity index (χ2v) is 4.99. The maximum atomic E-state index is 3.41. The molecule has 2 aromatic carbocycles. The van der Waals surface area contributed by atoms with E-state index in [1.54, 1.807) is 0 Å². The molecule has 0 aliphatic carbocycles. The Balaban J connectivity index is 2.07. The molecule has 0 aliphatic rings. The molecule has 0 heterocycles. The summed E-state index contributed by atoms with van der Waals surface area (Å²) in [5.41, 5.74) is 11.0. The van der Waals surface area contributed by atoms with Gasteiger partial charge in [0.1, 0.15) is 0 Å². The van der Waals surface area contributed by atoms with Crippen LogP contribution >= 0.6 is 15.9 Å². The molecular weight excluding hydrogens is 276 g/mol. The van der Waals surface area contributed by atoms with Crippen molar-refractivity contribution < 1.29 is 0 Å². The third kappa shape index (κ3) is 3.24. The van der Waals surface area contributed by atoms with Crippen LogP contribution in [0.2, 0.25) is 0 Å². The Kier molecular flexibility index (Phi) is 3.69. The Morgan fingerprint density at radius 1 is 0.882 bits per heavy atom. The summed E-state index contributed by atoms with van der Waals surface area (Å²) in [4.78, 5) is 0. The van der Waals surface area contributed by atoms with Crippen LogP contribution in [0.4, 0.5) is 11.4 Å². The van der Waals surface area contributed by atoms with Crippen LogP contribution in [-0.4, -0.2) is 0 Å². The molecule has 0 saturated carbocycles. The van der Waals surface area contributed by atoms with Crippen molar-refractivity contribution >= 4 is 27.3 Å². The number of hydrogen-bond acceptors (Lipinski definition) is 2. The Morgan fingerprint density at radius 2 is 1.59 bits per heavy atom. The molecule has 2 nitrogen and oxygen atoms in total. The molecule has 2 aromatic rings. The molecule has 17 heavy (non-hydrogen) atoms. The van der Waals surface area contributed by atoms with Crippen LogP contribution in [0.3, 0.4) is 0 Å². The highest BCUT2D eigenvalue weighted by atomic mass is 79.9. The zero-order valence-electron chi connectivity index (χ0n) is 9.92. The average molecular weight is 291 g/mol. The quantitative estimate of drug-likeness (QED) is 0.813. The van der Waals surface area contributed by atoms with E-state index >= 15 is 0 Å². The summed E-state index contributed by atoms with van der Waals surface area (Å²) in [7, 11) is 0. The number of anilines is 2. The second kappa shape index (κ2) is 5.23. The maximum Gasteiger partial charge on any atom is 0.0571 e. The summed E-state index contributed by atoms with van der Waals surface area (Å²) in [6.45, 7) is 4.18. The molecule has 2 rings (SSSR count). The number of aryl methyl sites for hydroxylation is 2. The first-order valence-corrected chi connectivity index (χ1v) is 6.29. The lowest BCUT2D eigenvalue weighted by Gasteiger charge is -2.12. The van der Waals surface area contributed by atoms with Crippen LogP contribution in [-0.2, 0) is 0 Å². The molecule has 0 amide bonds. The first-order valence-electron chi connectivity index (χ1n) is 5.50. The Morgan fingerprint density at radius 3 is 2.29 bits per heavy atom. The van der Waals surface area contributed by atoms with Gasteiger partial charge in [0, 0.05) is 4.47 Å². The third-order valence-corrected chi connectivity index (χ3v) is 3.11. The van der Waals surface area contributed by atoms with E-state index in [0.29, 0.717) is 0 Å². The highest BCUT2D eigenvalue weighted by Gasteiger charge is 1.97. The molecule has 0 aliphatic heterocycles. The van der Waals surface area contributed by atoms with Crippen LogP contribution in [0.25, 0.3) is 0 Å². The van der Waals surface area contributed by atoms with Crippen LogP contribution in [0.15, 0.2) is 46.9 Å². The highest BCUT2D eigenvalue weighted by Crippen LogP contribution is 2.18. The van der Waals surface area contributed by atoms with Gasteiger partial charge in [0.2, 0.25) is 0 Å². The highest BCUT2D eigenvalue weighted by molar-refractivity contribution is 9.10. The fourth-order valence-electron chi connectivity index (χ4n) is 1.54. The topological polar surface area (TPSA) is 24.1 Å². The lowest BCUT2D eigenvalue weighted by atomic mass is 10.1. The van der Waals surface area contributed by atoms with Crippen molar-refractivity contribution in [2.24, 2.45) is 0 Å². The van der Waals surface area contributed by atoms with E-state index in [-0.39, 0.29) is 0 Å². The van der Waals surface area contributed by atoms with Gasteiger partial charge < -0.3 is 10.9 Å². The van der Waals surface area contributed by atoms with Gasteiger partial charge in [-0.1, -0.05) is 28.1 Å². The minimum Gasteiger partial charge on any atom is -0.301 e. The maximum absolute atomic E-state index is 3.41. The molecule has 0 radical (unpaired) electrons. The van der Waals surface area contributed by atoms with Crippen molar-refractivity contribution in [2.45, 2.75) is 13.8 Å². The molecule has 0 fully saturated rings. The van der Waals surface area contributed by atoms with E-state index in [2.05, 4.69) is 58.8 Å². The second-order valence-electron chi connectivity index (χ2n) is 4.08. The van der Waals surface area contributed by atoms with Gasteiger partial charge in [-0.25, -0.2) is 0 Å². The molecule has 2 N–H and O–H groups in total. The molecular formula is C14H15BrN2. The Hall–Kier alpha value is -1.48. The molecule has 0 spiro atoms. The summed E-state index contributed by atoms with van der Waals surface area (Å²) >= 11 is 3.41. The number of nitrogens with one attached hydrogen (secondary N) is 2. The summed E-state index contributed by atoms with van der Waals surface area (Å²) in [5.74, 6) is 0. The predicted octanol–water partition coefficient (Wildman–Crippen LogP) is 4.50. The van der Waals surface area contributed by atoms with Gasteiger partial charge >= 0.3 is 0 Å². The lowest BCUT2D eigenvalue weighted by molar-refractivity contribution is 1.33. The number of halogens is 1. The summed E-state index contributed by atoms with van der Waals surface area (Å²) in [6, 6.07) is 14.4. The minimum atomic E-state index is 1.04. The van der Waals surface area contributed by atoms with E-state index in [1.807, 2.05) is 24.3 Å². The van der Waals surface area contributed by atoms with Gasteiger partial charge in [0.15, 0.2) is 0 Å². The van der Waals surface area contributed by atoms with E-state index in [1.165, 1.54) is 11.1 Å². The smallest absolute Gasteiger partial charge is 0.0571 e. The SMILES string of the molecule is Cc1ccc(C)c(NNc2ccc(Br)cc2)c1. The molecule has 0 atom stereocenters. The van der Waals surface area contributed by atoms with Gasteiger partial charge in [0.05, 0.1) is 11.4 Å². The largest absolute Gasteiger partial charge is 0.301 e. The molecule has 88 valence electrons. The summed E-state index contributed by atoms with van der Waals surface area (Å²) < 4.78 is 1.08. The van der Waals surface area contributed by atoms with E-state index < -0.39 is 0 Å². The summed E-state index contributed by atoms with van der Waals surface area (Å²) in [6.07, 6.45) is 0. The first kappa shape index (κ1) is 12.0. The van der Waals surface area contributed by atoms with E-state index in [9.17, 15) is 0 Å². The number of rotatable bonds is 3. The first-order chi connectivity index (χ1) is 8.15. The van der Waals surface area contributed by atoms with Crippen molar-refractivity contribution in [3.63, 3.8) is 0 Å². The molecule has 0 aromatic heterocycles. The van der Waals surface area contributed by atoms with E-state index in [0.717, 1.165) is 15.8 Å². The monoisotopic (exact) mass is 290 g/mol. The van der Waals surface area contributed by atoms with Gasteiger partial charge in [-0.3, -0.25) is 0 Å². The molecule has 3 heteroatoms. The summed E-state index contributed by atoms with van der Waals surface area (Å²) in [5, 5.41) is 0. The van der Waals surface area contributed by atoms with Crippen LogP contribution < -0.4 is 10.9 Å². The van der Waals surface area contributed by atoms with Crippen molar-refractivity contribution in [1.82, 2.24) is 0 Å². The Labute approximate surface area is 110 Å². The third-order valence-electron chi connectivity index (χ3n) is 2.58. The fraction of sp³-hybridized carbons (Fsp3) is 0.143. The van der Waals surface area contributed by atoms with Crippen molar-refractivity contribution in [3.8, 4) is 0 Å².